The molecule has 3 heterocycles. The van der Waals surface area contributed by atoms with Crippen molar-refractivity contribution in [2.45, 2.75) is 6.92 Å². The van der Waals surface area contributed by atoms with Gasteiger partial charge in [-0.25, -0.2) is 14.4 Å². The molecule has 3 aromatic heterocycles. The first kappa shape index (κ1) is 14.7. The molecule has 4 rings (SSSR count). The van der Waals surface area contributed by atoms with Gasteiger partial charge in [-0.15, -0.1) is 11.3 Å². The molecule has 0 spiro atoms. The second kappa shape index (κ2) is 5.98. The minimum Gasteiger partial charge on any atom is -0.339 e. The zero-order valence-electron chi connectivity index (χ0n) is 12.8. The summed E-state index contributed by atoms with van der Waals surface area (Å²) in [5.74, 6) is 0.962. The summed E-state index contributed by atoms with van der Waals surface area (Å²) in [6.45, 7) is 2.03. The van der Waals surface area contributed by atoms with Crippen LogP contribution in [0.25, 0.3) is 21.6 Å². The molecule has 118 valence electrons. The maximum atomic E-state index is 13.5. The van der Waals surface area contributed by atoms with Crippen LogP contribution >= 0.6 is 11.3 Å². The third kappa shape index (κ3) is 2.83. The van der Waals surface area contributed by atoms with Crippen LogP contribution in [0.15, 0.2) is 54.9 Å². The molecule has 0 saturated heterocycles. The maximum absolute atomic E-state index is 13.5. The van der Waals surface area contributed by atoms with Crippen molar-refractivity contribution in [2.24, 2.45) is 0 Å². The Morgan fingerprint density at radius 2 is 2.00 bits per heavy atom. The van der Waals surface area contributed by atoms with Crippen LogP contribution in [0.2, 0.25) is 0 Å². The summed E-state index contributed by atoms with van der Waals surface area (Å²) in [7, 11) is 0. The number of pyridine rings is 1. The number of hydrogen-bond acceptors (Lipinski definition) is 5. The van der Waals surface area contributed by atoms with E-state index in [-0.39, 0.29) is 5.82 Å². The van der Waals surface area contributed by atoms with E-state index in [0.717, 1.165) is 20.7 Å². The van der Waals surface area contributed by atoms with Crippen molar-refractivity contribution in [1.29, 1.82) is 0 Å². The number of thiophene rings is 1. The number of anilines is 2. The van der Waals surface area contributed by atoms with Gasteiger partial charge >= 0.3 is 0 Å². The zero-order chi connectivity index (χ0) is 16.5. The number of aryl methyl sites for hydroxylation is 1. The maximum Gasteiger partial charge on any atom is 0.164 e. The Balaban J connectivity index is 1.86. The van der Waals surface area contributed by atoms with E-state index < -0.39 is 0 Å². The predicted molar refractivity (Wildman–Crippen MR) is 95.1 cm³/mol. The molecule has 1 N–H and O–H groups in total. The van der Waals surface area contributed by atoms with Crippen LogP contribution in [-0.4, -0.2) is 15.0 Å². The third-order valence-corrected chi connectivity index (χ3v) is 4.47. The monoisotopic (exact) mass is 336 g/mol. The molecule has 4 aromatic rings. The minimum absolute atomic E-state index is 0.292. The van der Waals surface area contributed by atoms with Crippen LogP contribution in [0.3, 0.4) is 0 Å². The first-order valence-corrected chi connectivity index (χ1v) is 8.22. The average Bonchev–Trinajstić information content (AvgIpc) is 2.96. The number of aromatic nitrogens is 3. The second-order valence-electron chi connectivity index (χ2n) is 5.35. The number of nitrogens with zero attached hydrogens (tertiary/aromatic N) is 3. The summed E-state index contributed by atoms with van der Waals surface area (Å²) in [5, 5.41) is 4.13. The molecule has 4 nitrogen and oxygen atoms in total. The van der Waals surface area contributed by atoms with Crippen LogP contribution in [0.5, 0.6) is 0 Å². The number of nitrogens with one attached hydrogen (secondary N) is 1. The molecule has 6 heteroatoms. The summed E-state index contributed by atoms with van der Waals surface area (Å²) in [5.41, 5.74) is 1.49. The minimum atomic E-state index is -0.292. The van der Waals surface area contributed by atoms with Gasteiger partial charge in [0.2, 0.25) is 0 Å². The molecule has 1 aromatic carbocycles. The number of fused-ring (bicyclic) bond motifs is 1. The van der Waals surface area contributed by atoms with Gasteiger partial charge < -0.3 is 5.32 Å². The van der Waals surface area contributed by atoms with Gasteiger partial charge in [-0.05, 0) is 43.3 Å². The molecule has 0 bridgehead atoms. The lowest BCUT2D eigenvalue weighted by molar-refractivity contribution is 0.628. The Morgan fingerprint density at radius 1 is 1.08 bits per heavy atom. The van der Waals surface area contributed by atoms with Gasteiger partial charge in [-0.2, -0.15) is 0 Å². The Bertz CT molecular complexity index is 1010. The Hall–Kier alpha value is -2.86. The lowest BCUT2D eigenvalue weighted by Gasteiger charge is -2.09. The van der Waals surface area contributed by atoms with Crippen molar-refractivity contribution < 1.29 is 4.39 Å². The lowest BCUT2D eigenvalue weighted by atomic mass is 10.2. The van der Waals surface area contributed by atoms with Crippen LogP contribution in [0.4, 0.5) is 15.9 Å². The van der Waals surface area contributed by atoms with Crippen molar-refractivity contribution in [3.8, 4) is 11.4 Å². The molecule has 0 aliphatic heterocycles. The molecule has 0 aliphatic carbocycles. The van der Waals surface area contributed by atoms with Crippen LogP contribution < -0.4 is 5.32 Å². The van der Waals surface area contributed by atoms with E-state index in [4.69, 9.17) is 0 Å². The van der Waals surface area contributed by atoms with E-state index in [1.165, 1.54) is 12.1 Å². The van der Waals surface area contributed by atoms with E-state index >= 15 is 0 Å². The second-order valence-corrected chi connectivity index (χ2v) is 6.58. The molecule has 0 amide bonds. The summed E-state index contributed by atoms with van der Waals surface area (Å²) in [6.07, 6.45) is 3.44. The Morgan fingerprint density at radius 3 is 2.79 bits per heavy atom. The van der Waals surface area contributed by atoms with Gasteiger partial charge in [0, 0.05) is 28.5 Å². The van der Waals surface area contributed by atoms with Gasteiger partial charge in [0.1, 0.15) is 16.5 Å². The Labute approximate surface area is 142 Å². The first-order valence-electron chi connectivity index (χ1n) is 7.40. The summed E-state index contributed by atoms with van der Waals surface area (Å²) < 4.78 is 13.5. The van der Waals surface area contributed by atoms with Crippen molar-refractivity contribution in [3.05, 3.63) is 65.6 Å². The van der Waals surface area contributed by atoms with Gasteiger partial charge in [-0.1, -0.05) is 6.07 Å². The van der Waals surface area contributed by atoms with Crippen LogP contribution in [-0.2, 0) is 0 Å². The van der Waals surface area contributed by atoms with Gasteiger partial charge in [0.05, 0.1) is 5.39 Å². The molecule has 0 saturated carbocycles. The first-order chi connectivity index (χ1) is 11.7. The van der Waals surface area contributed by atoms with E-state index in [2.05, 4.69) is 20.3 Å². The molecule has 0 atom stereocenters. The topological polar surface area (TPSA) is 50.7 Å². The fourth-order valence-corrected chi connectivity index (χ4v) is 3.34. The van der Waals surface area contributed by atoms with Crippen molar-refractivity contribution in [3.63, 3.8) is 0 Å². The van der Waals surface area contributed by atoms with Gasteiger partial charge in [0.25, 0.3) is 0 Å². The van der Waals surface area contributed by atoms with E-state index in [1.54, 1.807) is 35.9 Å². The molecule has 0 aliphatic rings. The lowest BCUT2D eigenvalue weighted by Crippen LogP contribution is -1.98. The summed E-state index contributed by atoms with van der Waals surface area (Å²) in [6, 6.07) is 12.1. The van der Waals surface area contributed by atoms with Crippen molar-refractivity contribution >= 4 is 33.1 Å². The van der Waals surface area contributed by atoms with E-state index in [9.17, 15) is 4.39 Å². The largest absolute Gasteiger partial charge is 0.339 e. The quantitative estimate of drug-likeness (QED) is 0.575. The molecule has 0 fully saturated rings. The number of rotatable bonds is 3. The standard InChI is InChI=1S/C18H13FN4S/c1-11-8-15-17(21-14-6-2-5-13(19)9-14)22-16(23-18(15)24-11)12-4-3-7-20-10-12/h2-10H,1H3,(H,21,22,23). The summed E-state index contributed by atoms with van der Waals surface area (Å²) in [4.78, 5) is 15.4. The molecule has 24 heavy (non-hydrogen) atoms. The van der Waals surface area contributed by atoms with E-state index in [1.807, 2.05) is 25.1 Å². The van der Waals surface area contributed by atoms with Crippen LogP contribution in [0, 0.1) is 12.7 Å². The average molecular weight is 336 g/mol. The smallest absolute Gasteiger partial charge is 0.164 e. The van der Waals surface area contributed by atoms with Crippen molar-refractivity contribution in [2.75, 3.05) is 5.32 Å². The third-order valence-electron chi connectivity index (χ3n) is 3.52. The predicted octanol–water partition coefficient (Wildman–Crippen LogP) is 4.94. The highest BCUT2D eigenvalue weighted by molar-refractivity contribution is 7.18. The number of halogens is 1. The number of benzene rings is 1. The molecule has 0 unspecified atom stereocenters. The fraction of sp³-hybridized carbons (Fsp3) is 0.0556. The highest BCUT2D eigenvalue weighted by Gasteiger charge is 2.12. The van der Waals surface area contributed by atoms with Crippen LogP contribution in [0.1, 0.15) is 4.88 Å². The molecular weight excluding hydrogens is 323 g/mol. The van der Waals surface area contributed by atoms with Gasteiger partial charge in [0.15, 0.2) is 5.82 Å². The normalized spacial score (nSPS) is 10.9. The van der Waals surface area contributed by atoms with Crippen molar-refractivity contribution in [1.82, 2.24) is 15.0 Å². The Kier molecular flexibility index (Phi) is 3.66. The fourth-order valence-electron chi connectivity index (χ4n) is 2.46. The SMILES string of the molecule is Cc1cc2c(Nc3cccc(F)c3)nc(-c3cccnc3)nc2s1. The highest BCUT2D eigenvalue weighted by Crippen LogP contribution is 2.32. The highest BCUT2D eigenvalue weighted by atomic mass is 32.1. The molecule has 0 radical (unpaired) electrons. The van der Waals surface area contributed by atoms with Gasteiger partial charge in [-0.3, -0.25) is 4.98 Å². The van der Waals surface area contributed by atoms with E-state index in [0.29, 0.717) is 17.3 Å². The molecular formula is C18H13FN4S. The summed E-state index contributed by atoms with van der Waals surface area (Å²) >= 11 is 1.60. The number of hydrogen-bond donors (Lipinski definition) is 1. The zero-order valence-corrected chi connectivity index (χ0v) is 13.6.